The van der Waals surface area contributed by atoms with Crippen molar-refractivity contribution >= 4 is 0 Å². The van der Waals surface area contributed by atoms with Crippen LogP contribution >= 0.6 is 0 Å². The molecular formula is C13H13NO3. The smallest absolute Gasteiger partial charge is 0.161 e. The van der Waals surface area contributed by atoms with Crippen LogP contribution in [0.5, 0.6) is 11.5 Å². The Morgan fingerprint density at radius 1 is 1.06 bits per heavy atom. The van der Waals surface area contributed by atoms with Crippen LogP contribution in [0.25, 0.3) is 11.1 Å². The summed E-state index contributed by atoms with van der Waals surface area (Å²) >= 11 is 0. The van der Waals surface area contributed by atoms with Gasteiger partial charge in [0, 0.05) is 5.56 Å². The predicted molar refractivity (Wildman–Crippen MR) is 63.0 cm³/mol. The van der Waals surface area contributed by atoms with Crippen LogP contribution in [0, 0.1) is 0 Å². The van der Waals surface area contributed by atoms with E-state index in [4.69, 9.17) is 19.6 Å². The van der Waals surface area contributed by atoms with Crippen molar-refractivity contribution < 1.29 is 13.9 Å². The third-order valence-corrected chi connectivity index (χ3v) is 2.78. The maximum absolute atomic E-state index is 5.62. The van der Waals surface area contributed by atoms with Crippen molar-refractivity contribution in [2.45, 2.75) is 6.54 Å². The molecule has 0 radical (unpaired) electrons. The summed E-state index contributed by atoms with van der Waals surface area (Å²) < 4.78 is 16.3. The fourth-order valence-electron chi connectivity index (χ4n) is 1.97. The van der Waals surface area contributed by atoms with Gasteiger partial charge in [0.2, 0.25) is 0 Å². The molecule has 0 amide bonds. The molecule has 0 saturated carbocycles. The van der Waals surface area contributed by atoms with Gasteiger partial charge >= 0.3 is 0 Å². The Balaban J connectivity index is 2.04. The van der Waals surface area contributed by atoms with Gasteiger partial charge in [0.15, 0.2) is 11.5 Å². The Bertz CT molecular complexity index is 533. The summed E-state index contributed by atoms with van der Waals surface area (Å²) in [6.07, 6.45) is 1.65. The van der Waals surface area contributed by atoms with Crippen LogP contribution in [0.2, 0.25) is 0 Å². The zero-order valence-corrected chi connectivity index (χ0v) is 9.31. The van der Waals surface area contributed by atoms with E-state index in [2.05, 4.69) is 0 Å². The van der Waals surface area contributed by atoms with Crippen molar-refractivity contribution in [2.75, 3.05) is 13.2 Å². The number of ether oxygens (including phenoxy) is 2. The Kier molecular flexibility index (Phi) is 2.49. The monoisotopic (exact) mass is 231 g/mol. The molecule has 2 aromatic rings. The Labute approximate surface area is 98.9 Å². The molecular weight excluding hydrogens is 218 g/mol. The predicted octanol–water partition coefficient (Wildman–Crippen LogP) is 2.18. The number of fused-ring (bicyclic) bond motifs is 1. The molecule has 0 aliphatic carbocycles. The van der Waals surface area contributed by atoms with Crippen LogP contribution in [-0.2, 0) is 6.54 Å². The minimum atomic E-state index is 0.386. The van der Waals surface area contributed by atoms with Crippen LogP contribution in [-0.4, -0.2) is 13.2 Å². The fourth-order valence-corrected chi connectivity index (χ4v) is 1.97. The zero-order valence-electron chi connectivity index (χ0n) is 9.31. The third kappa shape index (κ3) is 1.76. The normalized spacial score (nSPS) is 13.7. The molecule has 2 N–H and O–H groups in total. The summed E-state index contributed by atoms with van der Waals surface area (Å²) in [4.78, 5) is 0. The van der Waals surface area contributed by atoms with Crippen molar-refractivity contribution in [1.29, 1.82) is 0 Å². The van der Waals surface area contributed by atoms with E-state index in [1.807, 2.05) is 24.3 Å². The summed E-state index contributed by atoms with van der Waals surface area (Å²) in [7, 11) is 0. The molecule has 1 aromatic heterocycles. The first-order chi connectivity index (χ1) is 8.38. The number of hydrogen-bond donors (Lipinski definition) is 1. The molecule has 0 bridgehead atoms. The molecule has 1 aliphatic heterocycles. The minimum Gasteiger partial charge on any atom is -0.486 e. The van der Waals surface area contributed by atoms with Crippen molar-refractivity contribution in [2.24, 2.45) is 5.73 Å². The van der Waals surface area contributed by atoms with E-state index in [1.165, 1.54) is 0 Å². The van der Waals surface area contributed by atoms with Gasteiger partial charge in [-0.2, -0.15) is 0 Å². The van der Waals surface area contributed by atoms with Gasteiger partial charge < -0.3 is 19.6 Å². The molecule has 0 fully saturated rings. The van der Waals surface area contributed by atoms with Gasteiger partial charge in [-0.1, -0.05) is 6.07 Å². The Morgan fingerprint density at radius 2 is 1.88 bits per heavy atom. The lowest BCUT2D eigenvalue weighted by molar-refractivity contribution is 0.171. The van der Waals surface area contributed by atoms with Crippen LogP contribution in [0.1, 0.15) is 5.76 Å². The van der Waals surface area contributed by atoms with E-state index in [-0.39, 0.29) is 0 Å². The highest BCUT2D eigenvalue weighted by atomic mass is 16.6. The lowest BCUT2D eigenvalue weighted by Crippen LogP contribution is -2.15. The van der Waals surface area contributed by atoms with E-state index < -0.39 is 0 Å². The number of benzene rings is 1. The minimum absolute atomic E-state index is 0.386. The average Bonchev–Trinajstić information content (AvgIpc) is 2.86. The first-order valence-corrected chi connectivity index (χ1v) is 5.55. The first kappa shape index (κ1) is 10.2. The van der Waals surface area contributed by atoms with E-state index in [0.29, 0.717) is 19.8 Å². The van der Waals surface area contributed by atoms with Gasteiger partial charge in [-0.05, 0) is 23.8 Å². The molecule has 17 heavy (non-hydrogen) atoms. The largest absolute Gasteiger partial charge is 0.486 e. The second-order valence-corrected chi connectivity index (χ2v) is 3.82. The highest BCUT2D eigenvalue weighted by Crippen LogP contribution is 2.35. The lowest BCUT2D eigenvalue weighted by atomic mass is 10.1. The van der Waals surface area contributed by atoms with Gasteiger partial charge in [-0.3, -0.25) is 0 Å². The second-order valence-electron chi connectivity index (χ2n) is 3.82. The van der Waals surface area contributed by atoms with Gasteiger partial charge in [-0.15, -0.1) is 0 Å². The topological polar surface area (TPSA) is 57.6 Å². The van der Waals surface area contributed by atoms with Crippen LogP contribution in [0.4, 0.5) is 0 Å². The quantitative estimate of drug-likeness (QED) is 0.860. The van der Waals surface area contributed by atoms with Crippen molar-refractivity contribution in [3.05, 3.63) is 36.3 Å². The lowest BCUT2D eigenvalue weighted by Gasteiger charge is -2.18. The molecule has 1 aliphatic rings. The van der Waals surface area contributed by atoms with Gasteiger partial charge in [0.05, 0.1) is 12.8 Å². The molecule has 88 valence electrons. The zero-order chi connectivity index (χ0) is 11.7. The third-order valence-electron chi connectivity index (χ3n) is 2.78. The summed E-state index contributed by atoms with van der Waals surface area (Å²) in [6.45, 7) is 1.58. The summed E-state index contributed by atoms with van der Waals surface area (Å²) in [6, 6.07) is 7.76. The molecule has 4 heteroatoms. The van der Waals surface area contributed by atoms with E-state index in [1.54, 1.807) is 6.26 Å². The number of nitrogens with two attached hydrogens (primary N) is 1. The molecule has 0 unspecified atom stereocenters. The molecule has 0 saturated heterocycles. The van der Waals surface area contributed by atoms with Crippen molar-refractivity contribution in [1.82, 2.24) is 0 Å². The standard InChI is InChI=1S/C13H13NO3/c14-8-13-10(3-4-15-13)9-1-2-11-12(7-9)17-6-5-16-11/h1-4,7H,5-6,8,14H2. The maximum atomic E-state index is 5.62. The SMILES string of the molecule is NCc1occc1-c1ccc2c(c1)OCCO2. The molecule has 2 heterocycles. The second kappa shape index (κ2) is 4.14. The Hall–Kier alpha value is -1.94. The summed E-state index contributed by atoms with van der Waals surface area (Å²) in [5.41, 5.74) is 7.66. The number of rotatable bonds is 2. The van der Waals surface area contributed by atoms with Gasteiger partial charge in [0.1, 0.15) is 19.0 Å². The van der Waals surface area contributed by atoms with Gasteiger partial charge in [0.25, 0.3) is 0 Å². The van der Waals surface area contributed by atoms with Crippen LogP contribution < -0.4 is 15.2 Å². The molecule has 4 nitrogen and oxygen atoms in total. The van der Waals surface area contributed by atoms with Crippen molar-refractivity contribution in [3.63, 3.8) is 0 Å². The van der Waals surface area contributed by atoms with E-state index in [9.17, 15) is 0 Å². The molecule has 0 spiro atoms. The van der Waals surface area contributed by atoms with E-state index >= 15 is 0 Å². The Morgan fingerprint density at radius 3 is 2.71 bits per heavy atom. The van der Waals surface area contributed by atoms with Gasteiger partial charge in [-0.25, -0.2) is 0 Å². The van der Waals surface area contributed by atoms with Crippen LogP contribution in [0.3, 0.4) is 0 Å². The first-order valence-electron chi connectivity index (χ1n) is 5.55. The number of furan rings is 1. The number of hydrogen-bond acceptors (Lipinski definition) is 4. The maximum Gasteiger partial charge on any atom is 0.161 e. The summed E-state index contributed by atoms with van der Waals surface area (Å²) in [5.74, 6) is 2.34. The summed E-state index contributed by atoms with van der Waals surface area (Å²) in [5, 5.41) is 0. The molecule has 0 atom stereocenters. The molecule has 1 aromatic carbocycles. The van der Waals surface area contributed by atoms with E-state index in [0.717, 1.165) is 28.4 Å². The van der Waals surface area contributed by atoms with Crippen LogP contribution in [0.15, 0.2) is 34.9 Å². The highest BCUT2D eigenvalue weighted by Gasteiger charge is 2.14. The highest BCUT2D eigenvalue weighted by molar-refractivity contribution is 5.69. The average molecular weight is 231 g/mol. The van der Waals surface area contributed by atoms with Crippen molar-refractivity contribution in [3.8, 4) is 22.6 Å². The fraction of sp³-hybridized carbons (Fsp3) is 0.231. The molecule has 3 rings (SSSR count).